The Balaban J connectivity index is 2.89. The van der Waals surface area contributed by atoms with Crippen LogP contribution in [0.3, 0.4) is 0 Å². The minimum Gasteiger partial charge on any atom is -0.395 e. The summed E-state index contributed by atoms with van der Waals surface area (Å²) in [5.74, 6) is 0. The number of benzene rings is 1. The Kier molecular flexibility index (Phi) is 4.79. The van der Waals surface area contributed by atoms with Crippen LogP contribution in [-0.2, 0) is 5.41 Å². The first-order valence-corrected chi connectivity index (χ1v) is 5.65. The van der Waals surface area contributed by atoms with E-state index < -0.39 is 0 Å². The summed E-state index contributed by atoms with van der Waals surface area (Å²) in [7, 11) is 0. The molecule has 3 N–H and O–H groups in total. The average molecular weight is 207 g/mol. The molecule has 1 atom stereocenters. The van der Waals surface area contributed by atoms with Crippen molar-refractivity contribution in [3.63, 3.8) is 0 Å². The number of unbranched alkanes of at least 4 members (excludes halogenated alkanes) is 1. The van der Waals surface area contributed by atoms with Crippen molar-refractivity contribution >= 4 is 0 Å². The topological polar surface area (TPSA) is 46.2 Å². The fourth-order valence-electron chi connectivity index (χ4n) is 1.91. The Morgan fingerprint density at radius 3 is 2.40 bits per heavy atom. The van der Waals surface area contributed by atoms with Crippen LogP contribution >= 0.6 is 0 Å². The molecule has 84 valence electrons. The number of rotatable bonds is 6. The minimum absolute atomic E-state index is 0.132. The fourth-order valence-corrected chi connectivity index (χ4v) is 1.91. The molecule has 2 nitrogen and oxygen atoms in total. The van der Waals surface area contributed by atoms with Crippen molar-refractivity contribution in [2.75, 3.05) is 13.2 Å². The lowest BCUT2D eigenvalue weighted by Gasteiger charge is -2.31. The van der Waals surface area contributed by atoms with E-state index in [0.29, 0.717) is 6.54 Å². The zero-order chi connectivity index (χ0) is 11.1. The van der Waals surface area contributed by atoms with Crippen LogP contribution in [0.25, 0.3) is 0 Å². The summed E-state index contributed by atoms with van der Waals surface area (Å²) < 4.78 is 0. The van der Waals surface area contributed by atoms with E-state index in [-0.39, 0.29) is 12.0 Å². The summed E-state index contributed by atoms with van der Waals surface area (Å²) in [5.41, 5.74) is 6.75. The molecule has 0 radical (unpaired) electrons. The van der Waals surface area contributed by atoms with Crippen LogP contribution in [0, 0.1) is 0 Å². The molecule has 0 bridgehead atoms. The first kappa shape index (κ1) is 12.2. The molecule has 0 fully saturated rings. The lowest BCUT2D eigenvalue weighted by atomic mass is 9.77. The van der Waals surface area contributed by atoms with E-state index in [0.717, 1.165) is 24.8 Å². The highest BCUT2D eigenvalue weighted by Crippen LogP contribution is 2.28. The molecule has 1 aromatic carbocycles. The quantitative estimate of drug-likeness (QED) is 0.750. The minimum atomic E-state index is -0.239. The van der Waals surface area contributed by atoms with Crippen LogP contribution in [0.1, 0.15) is 31.7 Å². The van der Waals surface area contributed by atoms with Gasteiger partial charge in [0.2, 0.25) is 0 Å². The first-order valence-electron chi connectivity index (χ1n) is 5.65. The highest BCUT2D eigenvalue weighted by atomic mass is 16.3. The molecular formula is C13H21NO. The summed E-state index contributed by atoms with van der Waals surface area (Å²) in [6.07, 6.45) is 3.20. The molecule has 0 saturated carbocycles. The van der Waals surface area contributed by atoms with Gasteiger partial charge < -0.3 is 10.8 Å². The maximum atomic E-state index is 9.58. The SMILES string of the molecule is CCCCC(CN)(CO)c1ccccc1. The Hall–Kier alpha value is -0.860. The summed E-state index contributed by atoms with van der Waals surface area (Å²) in [6.45, 7) is 2.80. The predicted molar refractivity (Wildman–Crippen MR) is 63.8 cm³/mol. The lowest BCUT2D eigenvalue weighted by molar-refractivity contribution is 0.185. The number of hydrogen-bond donors (Lipinski definition) is 2. The lowest BCUT2D eigenvalue weighted by Crippen LogP contribution is -2.38. The van der Waals surface area contributed by atoms with Crippen LogP contribution in [0.15, 0.2) is 30.3 Å². The summed E-state index contributed by atoms with van der Waals surface area (Å²) in [4.78, 5) is 0. The maximum absolute atomic E-state index is 9.58. The van der Waals surface area contributed by atoms with Crippen LogP contribution in [0.5, 0.6) is 0 Å². The molecule has 0 amide bonds. The van der Waals surface area contributed by atoms with E-state index in [4.69, 9.17) is 5.73 Å². The van der Waals surface area contributed by atoms with Gasteiger partial charge in [0.1, 0.15) is 0 Å². The molecule has 1 aromatic rings. The smallest absolute Gasteiger partial charge is 0.0540 e. The molecule has 0 aliphatic carbocycles. The van der Waals surface area contributed by atoms with Crippen molar-refractivity contribution in [2.45, 2.75) is 31.6 Å². The second kappa shape index (κ2) is 5.89. The fraction of sp³-hybridized carbons (Fsp3) is 0.538. The number of aliphatic hydroxyl groups is 1. The molecule has 15 heavy (non-hydrogen) atoms. The van der Waals surface area contributed by atoms with Gasteiger partial charge in [-0.1, -0.05) is 50.1 Å². The Bertz CT molecular complexity index is 267. The number of aliphatic hydroxyl groups excluding tert-OH is 1. The third kappa shape index (κ3) is 2.80. The molecule has 0 spiro atoms. The van der Waals surface area contributed by atoms with E-state index in [9.17, 15) is 5.11 Å². The monoisotopic (exact) mass is 207 g/mol. The highest BCUT2D eigenvalue weighted by Gasteiger charge is 2.28. The number of hydrogen-bond acceptors (Lipinski definition) is 2. The summed E-state index contributed by atoms with van der Waals surface area (Å²) in [5, 5.41) is 9.58. The van der Waals surface area contributed by atoms with Crippen LogP contribution in [-0.4, -0.2) is 18.3 Å². The van der Waals surface area contributed by atoms with Gasteiger partial charge in [-0.3, -0.25) is 0 Å². The van der Waals surface area contributed by atoms with E-state index in [1.807, 2.05) is 18.2 Å². The van der Waals surface area contributed by atoms with Gasteiger partial charge in [0.15, 0.2) is 0 Å². The van der Waals surface area contributed by atoms with Gasteiger partial charge in [-0.25, -0.2) is 0 Å². The second-order valence-corrected chi connectivity index (χ2v) is 4.11. The van der Waals surface area contributed by atoms with Crippen molar-refractivity contribution in [1.29, 1.82) is 0 Å². The van der Waals surface area contributed by atoms with Gasteiger partial charge in [0.25, 0.3) is 0 Å². The molecule has 1 unspecified atom stereocenters. The van der Waals surface area contributed by atoms with E-state index in [2.05, 4.69) is 19.1 Å². The third-order valence-electron chi connectivity index (χ3n) is 3.09. The summed E-state index contributed by atoms with van der Waals surface area (Å²) in [6, 6.07) is 10.1. The molecule has 0 aromatic heterocycles. The second-order valence-electron chi connectivity index (χ2n) is 4.11. The average Bonchev–Trinajstić information content (AvgIpc) is 2.33. The maximum Gasteiger partial charge on any atom is 0.0540 e. The van der Waals surface area contributed by atoms with Crippen molar-refractivity contribution in [1.82, 2.24) is 0 Å². The largest absolute Gasteiger partial charge is 0.395 e. The van der Waals surface area contributed by atoms with E-state index >= 15 is 0 Å². The van der Waals surface area contributed by atoms with Crippen LogP contribution < -0.4 is 5.73 Å². The molecule has 1 rings (SSSR count). The van der Waals surface area contributed by atoms with Crippen molar-refractivity contribution in [3.8, 4) is 0 Å². The van der Waals surface area contributed by atoms with Gasteiger partial charge >= 0.3 is 0 Å². The van der Waals surface area contributed by atoms with E-state index in [1.165, 1.54) is 0 Å². The molecule has 0 heterocycles. The van der Waals surface area contributed by atoms with Crippen LogP contribution in [0.2, 0.25) is 0 Å². The van der Waals surface area contributed by atoms with Gasteiger partial charge in [0, 0.05) is 12.0 Å². The standard InChI is InChI=1S/C13H21NO/c1-2-3-9-13(10-14,11-15)12-7-5-4-6-8-12/h4-8,15H,2-3,9-11,14H2,1H3. The normalized spacial score (nSPS) is 14.9. The first-order chi connectivity index (χ1) is 7.29. The molecule has 0 aliphatic heterocycles. The van der Waals surface area contributed by atoms with Crippen molar-refractivity contribution in [3.05, 3.63) is 35.9 Å². The molecule has 0 aliphatic rings. The zero-order valence-electron chi connectivity index (χ0n) is 9.45. The molecule has 0 saturated heterocycles. The molecule has 2 heteroatoms. The van der Waals surface area contributed by atoms with Gasteiger partial charge in [0.05, 0.1) is 6.61 Å². The zero-order valence-corrected chi connectivity index (χ0v) is 9.45. The molecular weight excluding hydrogens is 186 g/mol. The van der Waals surface area contributed by atoms with Gasteiger partial charge in [-0.2, -0.15) is 0 Å². The van der Waals surface area contributed by atoms with E-state index in [1.54, 1.807) is 0 Å². The predicted octanol–water partition coefficient (Wildman–Crippen LogP) is 2.07. The Labute approximate surface area is 92.1 Å². The van der Waals surface area contributed by atoms with Crippen LogP contribution in [0.4, 0.5) is 0 Å². The van der Waals surface area contributed by atoms with Gasteiger partial charge in [-0.05, 0) is 12.0 Å². The van der Waals surface area contributed by atoms with Crippen molar-refractivity contribution < 1.29 is 5.11 Å². The summed E-state index contributed by atoms with van der Waals surface area (Å²) >= 11 is 0. The third-order valence-corrected chi connectivity index (χ3v) is 3.09. The Morgan fingerprint density at radius 2 is 1.93 bits per heavy atom. The van der Waals surface area contributed by atoms with Gasteiger partial charge in [-0.15, -0.1) is 0 Å². The Morgan fingerprint density at radius 1 is 1.27 bits per heavy atom. The van der Waals surface area contributed by atoms with Crippen molar-refractivity contribution in [2.24, 2.45) is 5.73 Å². The number of nitrogens with two attached hydrogens (primary N) is 1. The highest BCUT2D eigenvalue weighted by molar-refractivity contribution is 5.26.